The Morgan fingerprint density at radius 2 is 1.83 bits per heavy atom. The number of carboxylic acids is 1. The number of urea groups is 1. The van der Waals surface area contributed by atoms with Crippen molar-refractivity contribution in [3.63, 3.8) is 0 Å². The highest BCUT2D eigenvalue weighted by atomic mass is 16.4. The summed E-state index contributed by atoms with van der Waals surface area (Å²) in [4.78, 5) is 23.1. The molecule has 0 bridgehead atoms. The van der Waals surface area contributed by atoms with Crippen molar-refractivity contribution in [1.82, 2.24) is 10.6 Å². The molecule has 2 atom stereocenters. The van der Waals surface area contributed by atoms with Crippen molar-refractivity contribution in [3.8, 4) is 0 Å². The molecular weight excluding hydrogens is 232 g/mol. The van der Waals surface area contributed by atoms with Crippen LogP contribution in [-0.4, -0.2) is 28.7 Å². The first-order valence-electron chi connectivity index (χ1n) is 6.82. The molecule has 3 N–H and O–H groups in total. The maximum absolute atomic E-state index is 11.8. The van der Waals surface area contributed by atoms with E-state index < -0.39 is 11.9 Å². The van der Waals surface area contributed by atoms with Gasteiger partial charge in [-0.25, -0.2) is 4.79 Å². The summed E-state index contributed by atoms with van der Waals surface area (Å²) in [5, 5.41) is 15.0. The van der Waals surface area contributed by atoms with E-state index in [1.165, 1.54) is 0 Å². The summed E-state index contributed by atoms with van der Waals surface area (Å²) in [7, 11) is 0. The molecule has 2 aliphatic carbocycles. The smallest absolute Gasteiger partial charge is 0.315 e. The van der Waals surface area contributed by atoms with Gasteiger partial charge in [-0.3, -0.25) is 4.79 Å². The minimum absolute atomic E-state index is 0.0620. The Morgan fingerprint density at radius 1 is 1.17 bits per heavy atom. The number of rotatable bonds is 3. The van der Waals surface area contributed by atoms with Gasteiger partial charge in [-0.05, 0) is 32.6 Å². The molecular formula is C13H22N2O3. The molecule has 0 aromatic carbocycles. The topological polar surface area (TPSA) is 78.4 Å². The first-order chi connectivity index (χ1) is 8.50. The van der Waals surface area contributed by atoms with Crippen LogP contribution in [0, 0.1) is 5.92 Å². The number of aliphatic carboxylic acids is 1. The van der Waals surface area contributed by atoms with Crippen LogP contribution < -0.4 is 10.6 Å². The van der Waals surface area contributed by atoms with Crippen LogP contribution in [0.4, 0.5) is 4.79 Å². The van der Waals surface area contributed by atoms with Crippen LogP contribution in [0.3, 0.4) is 0 Å². The molecule has 5 heteroatoms. The zero-order chi connectivity index (χ0) is 13.2. The number of nitrogens with one attached hydrogen (secondary N) is 2. The lowest BCUT2D eigenvalue weighted by Crippen LogP contribution is -2.50. The Labute approximate surface area is 107 Å². The summed E-state index contributed by atoms with van der Waals surface area (Å²) in [6, 6.07) is -0.444. The van der Waals surface area contributed by atoms with Crippen LogP contribution in [0.2, 0.25) is 0 Å². The minimum Gasteiger partial charge on any atom is -0.481 e. The van der Waals surface area contributed by atoms with Crippen LogP contribution in [0.25, 0.3) is 0 Å². The first-order valence-corrected chi connectivity index (χ1v) is 6.82. The van der Waals surface area contributed by atoms with E-state index in [-0.39, 0.29) is 17.6 Å². The monoisotopic (exact) mass is 254 g/mol. The zero-order valence-electron chi connectivity index (χ0n) is 10.9. The number of carbonyl (C=O) groups excluding carboxylic acids is 1. The molecule has 0 heterocycles. The molecule has 2 unspecified atom stereocenters. The van der Waals surface area contributed by atoms with Gasteiger partial charge >= 0.3 is 12.0 Å². The van der Waals surface area contributed by atoms with Gasteiger partial charge in [-0.15, -0.1) is 0 Å². The van der Waals surface area contributed by atoms with Gasteiger partial charge in [0.1, 0.15) is 0 Å². The maximum atomic E-state index is 11.8. The van der Waals surface area contributed by atoms with Crippen molar-refractivity contribution < 1.29 is 14.7 Å². The number of carbonyl (C=O) groups is 2. The molecule has 102 valence electrons. The fraction of sp³-hybridized carbons (Fsp3) is 0.846. The molecule has 18 heavy (non-hydrogen) atoms. The van der Waals surface area contributed by atoms with Crippen LogP contribution in [0.15, 0.2) is 0 Å². The summed E-state index contributed by atoms with van der Waals surface area (Å²) >= 11 is 0. The Bertz CT molecular complexity index is 339. The van der Waals surface area contributed by atoms with Gasteiger partial charge in [0, 0.05) is 11.6 Å². The second-order valence-corrected chi connectivity index (χ2v) is 5.85. The summed E-state index contributed by atoms with van der Waals surface area (Å²) in [6.45, 7) is 2.01. The largest absolute Gasteiger partial charge is 0.481 e. The third-order valence-electron chi connectivity index (χ3n) is 4.06. The first kappa shape index (κ1) is 13.2. The minimum atomic E-state index is -0.792. The van der Waals surface area contributed by atoms with Crippen molar-refractivity contribution in [1.29, 1.82) is 0 Å². The molecule has 2 saturated carbocycles. The molecule has 0 saturated heterocycles. The second-order valence-electron chi connectivity index (χ2n) is 5.85. The third kappa shape index (κ3) is 3.37. The van der Waals surface area contributed by atoms with Crippen LogP contribution in [0.1, 0.15) is 51.9 Å². The van der Waals surface area contributed by atoms with E-state index in [1.54, 1.807) is 0 Å². The van der Waals surface area contributed by atoms with E-state index in [4.69, 9.17) is 0 Å². The Balaban J connectivity index is 1.91. The van der Waals surface area contributed by atoms with E-state index in [1.807, 2.05) is 6.92 Å². The van der Waals surface area contributed by atoms with Crippen molar-refractivity contribution >= 4 is 12.0 Å². The van der Waals surface area contributed by atoms with Crippen molar-refractivity contribution in [2.24, 2.45) is 5.92 Å². The molecule has 0 spiro atoms. The van der Waals surface area contributed by atoms with Crippen LogP contribution in [0.5, 0.6) is 0 Å². The number of amides is 2. The highest BCUT2D eigenvalue weighted by Crippen LogP contribution is 2.34. The highest BCUT2D eigenvalue weighted by molar-refractivity contribution is 5.77. The maximum Gasteiger partial charge on any atom is 0.315 e. The standard InChI is InChI=1S/C13H22N2O3/c1-13(7-8-13)15-12(18)14-10-6-4-2-3-5-9(10)11(16)17/h9-10H,2-8H2,1H3,(H,16,17)(H2,14,15,18). The van der Waals surface area contributed by atoms with Gasteiger partial charge in [-0.1, -0.05) is 19.3 Å². The van der Waals surface area contributed by atoms with Crippen molar-refractivity contribution in [2.45, 2.75) is 63.5 Å². The zero-order valence-corrected chi connectivity index (χ0v) is 10.9. The summed E-state index contributed by atoms with van der Waals surface area (Å²) < 4.78 is 0. The van der Waals surface area contributed by atoms with E-state index >= 15 is 0 Å². The SMILES string of the molecule is CC1(NC(=O)NC2CCCCCC2C(=O)O)CC1. The number of carboxylic acid groups (broad SMARTS) is 1. The summed E-state index contributed by atoms with van der Waals surface area (Å²) in [6.07, 6.45) is 6.43. The molecule has 2 aliphatic rings. The van der Waals surface area contributed by atoms with Gasteiger partial charge in [0.25, 0.3) is 0 Å². The number of hydrogen-bond donors (Lipinski definition) is 3. The summed E-state index contributed by atoms with van der Waals surface area (Å²) in [5.74, 6) is -1.23. The molecule has 0 aromatic rings. The predicted molar refractivity (Wildman–Crippen MR) is 67.3 cm³/mol. The molecule has 5 nitrogen and oxygen atoms in total. The van der Waals surface area contributed by atoms with Gasteiger partial charge in [0.15, 0.2) is 0 Å². The van der Waals surface area contributed by atoms with Gasteiger partial charge < -0.3 is 15.7 Å². The lowest BCUT2D eigenvalue weighted by atomic mass is 9.95. The van der Waals surface area contributed by atoms with Crippen molar-refractivity contribution in [3.05, 3.63) is 0 Å². The molecule has 0 aliphatic heterocycles. The average molecular weight is 254 g/mol. The Kier molecular flexibility index (Phi) is 3.78. The highest BCUT2D eigenvalue weighted by Gasteiger charge is 2.39. The third-order valence-corrected chi connectivity index (χ3v) is 4.06. The van der Waals surface area contributed by atoms with Gasteiger partial charge in [-0.2, -0.15) is 0 Å². The fourth-order valence-electron chi connectivity index (χ4n) is 2.57. The fourth-order valence-corrected chi connectivity index (χ4v) is 2.57. The lowest BCUT2D eigenvalue weighted by Gasteiger charge is -2.24. The van der Waals surface area contributed by atoms with Gasteiger partial charge in [0.05, 0.1) is 5.92 Å². The molecule has 0 aromatic heterocycles. The van der Waals surface area contributed by atoms with E-state index in [0.29, 0.717) is 6.42 Å². The van der Waals surface area contributed by atoms with Gasteiger partial charge in [0.2, 0.25) is 0 Å². The van der Waals surface area contributed by atoms with Crippen molar-refractivity contribution in [2.75, 3.05) is 0 Å². The van der Waals surface area contributed by atoms with E-state index in [9.17, 15) is 14.7 Å². The Morgan fingerprint density at radius 3 is 2.44 bits per heavy atom. The second kappa shape index (κ2) is 5.16. The predicted octanol–water partition coefficient (Wildman–Crippen LogP) is 1.87. The molecule has 2 amide bonds. The lowest BCUT2D eigenvalue weighted by molar-refractivity contribution is -0.142. The van der Waals surface area contributed by atoms with E-state index in [0.717, 1.165) is 38.5 Å². The van der Waals surface area contributed by atoms with Crippen LogP contribution >= 0.6 is 0 Å². The average Bonchev–Trinajstić information content (AvgIpc) is 3.02. The molecule has 0 radical (unpaired) electrons. The van der Waals surface area contributed by atoms with E-state index in [2.05, 4.69) is 10.6 Å². The molecule has 2 fully saturated rings. The normalized spacial score (nSPS) is 30.1. The number of hydrogen-bond acceptors (Lipinski definition) is 2. The quantitative estimate of drug-likeness (QED) is 0.673. The molecule has 2 rings (SSSR count). The Hall–Kier alpha value is -1.26. The summed E-state index contributed by atoms with van der Waals surface area (Å²) in [5.41, 5.74) is -0.0620. The van der Waals surface area contributed by atoms with Crippen LogP contribution in [-0.2, 0) is 4.79 Å².